The van der Waals surface area contributed by atoms with Crippen LogP contribution in [-0.2, 0) is 4.79 Å². The first kappa shape index (κ1) is 13.2. The van der Waals surface area contributed by atoms with Crippen molar-refractivity contribution in [2.75, 3.05) is 10.2 Å². The molecule has 0 bridgehead atoms. The van der Waals surface area contributed by atoms with Crippen molar-refractivity contribution in [3.8, 4) is 5.75 Å². The first-order chi connectivity index (χ1) is 10.1. The topological polar surface area (TPSA) is 69.6 Å². The van der Waals surface area contributed by atoms with E-state index in [0.29, 0.717) is 16.9 Å². The van der Waals surface area contributed by atoms with Crippen LogP contribution >= 0.6 is 0 Å². The van der Waals surface area contributed by atoms with Gasteiger partial charge in [-0.25, -0.2) is 0 Å². The highest BCUT2D eigenvalue weighted by atomic mass is 16.3. The second-order valence-electron chi connectivity index (χ2n) is 4.90. The van der Waals surface area contributed by atoms with Gasteiger partial charge in [0.05, 0.1) is 11.4 Å². The summed E-state index contributed by atoms with van der Waals surface area (Å²) < 4.78 is 0. The van der Waals surface area contributed by atoms with Gasteiger partial charge in [0.15, 0.2) is 0 Å². The molecule has 0 saturated carbocycles. The number of rotatable bonds is 1. The van der Waals surface area contributed by atoms with Crippen LogP contribution in [0.2, 0.25) is 0 Å². The Hall–Kier alpha value is -2.82. The van der Waals surface area contributed by atoms with Crippen LogP contribution < -0.4 is 10.2 Å². The Balaban J connectivity index is 2.05. The van der Waals surface area contributed by atoms with Crippen LogP contribution in [0.15, 0.2) is 48.5 Å². The first-order valence-corrected chi connectivity index (χ1v) is 6.60. The summed E-state index contributed by atoms with van der Waals surface area (Å²) in [5.41, 5.74) is 1.71. The van der Waals surface area contributed by atoms with Crippen molar-refractivity contribution in [1.82, 2.24) is 0 Å². The number of benzene rings is 2. The van der Waals surface area contributed by atoms with Crippen LogP contribution in [0.4, 0.5) is 11.4 Å². The summed E-state index contributed by atoms with van der Waals surface area (Å²) in [6.45, 7) is 1.68. The Bertz CT molecular complexity index is 710. The fraction of sp³-hybridized carbons (Fsp3) is 0.125. The smallest absolute Gasteiger partial charge is 0.259 e. The Kier molecular flexibility index (Phi) is 3.10. The predicted molar refractivity (Wildman–Crippen MR) is 79.5 cm³/mol. The number of hydrogen-bond donors (Lipinski definition) is 2. The number of amides is 2. The van der Waals surface area contributed by atoms with Gasteiger partial charge in [-0.3, -0.25) is 14.5 Å². The third kappa shape index (κ3) is 2.23. The van der Waals surface area contributed by atoms with E-state index in [1.165, 1.54) is 17.0 Å². The second-order valence-corrected chi connectivity index (χ2v) is 4.90. The molecular formula is C16H14N2O3. The number of carbonyl (C=O) groups excluding carboxylic acids is 2. The van der Waals surface area contributed by atoms with E-state index >= 15 is 0 Å². The van der Waals surface area contributed by atoms with Crippen molar-refractivity contribution >= 4 is 23.2 Å². The molecule has 1 heterocycles. The maximum Gasteiger partial charge on any atom is 0.259 e. The van der Waals surface area contributed by atoms with E-state index in [4.69, 9.17) is 0 Å². The lowest BCUT2D eigenvalue weighted by Crippen LogP contribution is -2.49. The second kappa shape index (κ2) is 4.94. The molecule has 0 spiro atoms. The number of carbonyl (C=O) groups is 2. The largest absolute Gasteiger partial charge is 0.508 e. The van der Waals surface area contributed by atoms with Crippen molar-refractivity contribution in [2.24, 2.45) is 0 Å². The summed E-state index contributed by atoms with van der Waals surface area (Å²) in [5.74, 6) is -0.401. The molecule has 2 N–H and O–H groups in total. The molecule has 3 rings (SSSR count). The lowest BCUT2D eigenvalue weighted by Gasteiger charge is -2.34. The van der Waals surface area contributed by atoms with Crippen molar-refractivity contribution in [1.29, 1.82) is 0 Å². The molecule has 5 heteroatoms. The van der Waals surface area contributed by atoms with Crippen LogP contribution in [0, 0.1) is 0 Å². The Morgan fingerprint density at radius 3 is 2.52 bits per heavy atom. The Morgan fingerprint density at radius 2 is 1.81 bits per heavy atom. The summed E-state index contributed by atoms with van der Waals surface area (Å²) >= 11 is 0. The number of hydrogen-bond acceptors (Lipinski definition) is 3. The quantitative estimate of drug-likeness (QED) is 0.843. The fourth-order valence-corrected chi connectivity index (χ4v) is 2.38. The number of fused-ring (bicyclic) bond motifs is 1. The molecule has 0 fully saturated rings. The van der Waals surface area contributed by atoms with E-state index in [1.807, 2.05) is 6.07 Å². The molecule has 0 unspecified atom stereocenters. The molecular weight excluding hydrogens is 268 g/mol. The SMILES string of the molecule is C[C@@H]1C(=O)Nc2ccccc2N1C(=O)c1ccc(O)cc1. The minimum absolute atomic E-state index is 0.0939. The van der Waals surface area contributed by atoms with Gasteiger partial charge < -0.3 is 10.4 Å². The number of nitrogens with zero attached hydrogens (tertiary/aromatic N) is 1. The third-order valence-corrected chi connectivity index (χ3v) is 3.52. The highest BCUT2D eigenvalue weighted by Crippen LogP contribution is 2.32. The number of phenolic OH excluding ortho intramolecular Hbond substituents is 1. The minimum atomic E-state index is -0.596. The summed E-state index contributed by atoms with van der Waals surface area (Å²) in [6, 6.07) is 12.6. The van der Waals surface area contributed by atoms with Gasteiger partial charge in [-0.15, -0.1) is 0 Å². The number of para-hydroxylation sites is 2. The molecule has 0 aromatic heterocycles. The fourth-order valence-electron chi connectivity index (χ4n) is 2.38. The maximum atomic E-state index is 12.7. The lowest BCUT2D eigenvalue weighted by molar-refractivity contribution is -0.117. The van der Waals surface area contributed by atoms with Gasteiger partial charge in [-0.1, -0.05) is 12.1 Å². The molecule has 1 atom stereocenters. The average molecular weight is 282 g/mol. The van der Waals surface area contributed by atoms with Gasteiger partial charge in [0.1, 0.15) is 11.8 Å². The Morgan fingerprint density at radius 1 is 1.14 bits per heavy atom. The molecule has 106 valence electrons. The van der Waals surface area contributed by atoms with Crippen molar-refractivity contribution < 1.29 is 14.7 Å². The standard InChI is InChI=1S/C16H14N2O3/c1-10-15(20)17-13-4-2-3-5-14(13)18(10)16(21)11-6-8-12(19)9-7-11/h2-10,19H,1H3,(H,17,20)/t10-/m1/s1. The zero-order valence-corrected chi connectivity index (χ0v) is 11.4. The van der Waals surface area contributed by atoms with E-state index in [-0.39, 0.29) is 17.6 Å². The average Bonchev–Trinajstić information content (AvgIpc) is 2.49. The van der Waals surface area contributed by atoms with Crippen LogP contribution in [-0.4, -0.2) is 23.0 Å². The molecule has 1 aliphatic heterocycles. The molecule has 2 amide bonds. The van der Waals surface area contributed by atoms with E-state index in [0.717, 1.165) is 0 Å². The van der Waals surface area contributed by atoms with Crippen molar-refractivity contribution in [3.63, 3.8) is 0 Å². The van der Waals surface area contributed by atoms with E-state index in [2.05, 4.69) is 5.32 Å². The molecule has 0 saturated heterocycles. The molecule has 0 radical (unpaired) electrons. The van der Waals surface area contributed by atoms with Gasteiger partial charge in [-0.05, 0) is 43.3 Å². The monoisotopic (exact) mass is 282 g/mol. The first-order valence-electron chi connectivity index (χ1n) is 6.60. The van der Waals surface area contributed by atoms with E-state index in [1.54, 1.807) is 37.3 Å². The summed E-state index contributed by atoms with van der Waals surface area (Å²) in [6.07, 6.45) is 0. The zero-order valence-electron chi connectivity index (χ0n) is 11.4. The Labute approximate surface area is 121 Å². The van der Waals surface area contributed by atoms with Crippen molar-refractivity contribution in [3.05, 3.63) is 54.1 Å². The molecule has 21 heavy (non-hydrogen) atoms. The van der Waals surface area contributed by atoms with Crippen molar-refractivity contribution in [2.45, 2.75) is 13.0 Å². The van der Waals surface area contributed by atoms with E-state index in [9.17, 15) is 14.7 Å². The summed E-state index contributed by atoms with van der Waals surface area (Å²) in [4.78, 5) is 26.2. The normalized spacial score (nSPS) is 17.1. The van der Waals surface area contributed by atoms with Gasteiger partial charge in [-0.2, -0.15) is 0 Å². The number of anilines is 2. The third-order valence-electron chi connectivity index (χ3n) is 3.52. The van der Waals surface area contributed by atoms with Crippen LogP contribution in [0.3, 0.4) is 0 Å². The molecule has 5 nitrogen and oxygen atoms in total. The molecule has 0 aliphatic carbocycles. The van der Waals surface area contributed by atoms with Gasteiger partial charge in [0.2, 0.25) is 5.91 Å². The lowest BCUT2D eigenvalue weighted by atomic mass is 10.1. The van der Waals surface area contributed by atoms with Crippen LogP contribution in [0.1, 0.15) is 17.3 Å². The highest BCUT2D eigenvalue weighted by molar-refractivity contribution is 6.16. The zero-order chi connectivity index (χ0) is 15.0. The van der Waals surface area contributed by atoms with Gasteiger partial charge in [0, 0.05) is 5.56 Å². The van der Waals surface area contributed by atoms with E-state index < -0.39 is 6.04 Å². The highest BCUT2D eigenvalue weighted by Gasteiger charge is 2.33. The number of nitrogens with one attached hydrogen (secondary N) is 1. The molecule has 1 aliphatic rings. The minimum Gasteiger partial charge on any atom is -0.508 e. The van der Waals surface area contributed by atoms with Crippen LogP contribution in [0.25, 0.3) is 0 Å². The number of aromatic hydroxyl groups is 1. The molecule has 2 aromatic carbocycles. The molecule has 2 aromatic rings. The number of phenols is 1. The predicted octanol–water partition coefficient (Wildman–Crippen LogP) is 2.38. The van der Waals surface area contributed by atoms with Crippen LogP contribution in [0.5, 0.6) is 5.75 Å². The maximum absolute atomic E-state index is 12.7. The summed E-state index contributed by atoms with van der Waals surface area (Å²) in [5, 5.41) is 12.1. The summed E-state index contributed by atoms with van der Waals surface area (Å²) in [7, 11) is 0. The van der Waals surface area contributed by atoms with Gasteiger partial charge in [0.25, 0.3) is 5.91 Å². The van der Waals surface area contributed by atoms with Gasteiger partial charge >= 0.3 is 0 Å².